The average molecular weight is 642 g/mol. The largest absolute Gasteiger partial charge is 0.496 e. The van der Waals surface area contributed by atoms with Gasteiger partial charge in [0.2, 0.25) is 5.91 Å². The Bertz CT molecular complexity index is 1840. The number of alkyl halides is 3. The number of carbonyl (C=O) groups excluding carboxylic acids is 2. The van der Waals surface area contributed by atoms with Crippen LogP contribution >= 0.6 is 0 Å². The Morgan fingerprint density at radius 3 is 2.65 bits per heavy atom. The lowest BCUT2D eigenvalue weighted by Crippen LogP contribution is -2.67. The van der Waals surface area contributed by atoms with Gasteiger partial charge in [0.25, 0.3) is 5.91 Å². The normalized spacial score (nSPS) is 22.9. The molecule has 6 rings (SSSR count). The topological polar surface area (TPSA) is 137 Å². The minimum Gasteiger partial charge on any atom is -0.496 e. The summed E-state index contributed by atoms with van der Waals surface area (Å²) < 4.78 is 69.9. The molecule has 4 aromatic rings. The standard InChI is InChI=1S/C31H31F4N7O4/c1-17-39-26(37-16-30(31(33,34)35)15-29(2,46-30)22-13-19(32)9-10-24(22)45-3)21-14-38-42(27(21)40-17)20-7-4-6-18(12-20)28(44)41-11-5-8-23(41)25(36)43/h4,6-7,9-10,12-14,23H,5,8,11,15-16H2,1-3H3,(H2,36,43)(H,37,39,40)/t23-,29?,30?/m1/s1. The van der Waals surface area contributed by atoms with Crippen LogP contribution in [0.15, 0.2) is 48.7 Å². The van der Waals surface area contributed by atoms with Crippen molar-refractivity contribution < 1.29 is 36.6 Å². The maximum atomic E-state index is 14.5. The summed E-state index contributed by atoms with van der Waals surface area (Å²) in [5.74, 6) is -0.965. The molecule has 2 aromatic heterocycles. The minimum atomic E-state index is -4.78. The molecular weight excluding hydrogens is 610 g/mol. The highest BCUT2D eigenvalue weighted by Crippen LogP contribution is 2.57. The van der Waals surface area contributed by atoms with Crippen molar-refractivity contribution in [2.75, 3.05) is 25.5 Å². The molecular formula is C31H31F4N7O4. The third-order valence-corrected chi connectivity index (χ3v) is 8.55. The minimum absolute atomic E-state index is 0.103. The Morgan fingerprint density at radius 2 is 1.96 bits per heavy atom. The van der Waals surface area contributed by atoms with Gasteiger partial charge in [-0.3, -0.25) is 9.59 Å². The van der Waals surface area contributed by atoms with Crippen LogP contribution in [0.5, 0.6) is 5.75 Å². The number of hydrogen-bond donors (Lipinski definition) is 2. The fourth-order valence-electron chi connectivity index (χ4n) is 6.38. The van der Waals surface area contributed by atoms with Crippen molar-refractivity contribution in [3.8, 4) is 11.4 Å². The predicted octanol–water partition coefficient (Wildman–Crippen LogP) is 4.41. The first kappa shape index (κ1) is 31.2. The zero-order valence-corrected chi connectivity index (χ0v) is 25.2. The number of benzene rings is 2. The van der Waals surface area contributed by atoms with E-state index < -0.39 is 48.1 Å². The van der Waals surface area contributed by atoms with Gasteiger partial charge in [-0.15, -0.1) is 0 Å². The number of nitrogens with two attached hydrogens (primary N) is 1. The molecule has 2 aliphatic rings. The quantitative estimate of drug-likeness (QED) is 0.270. The molecule has 2 saturated heterocycles. The van der Waals surface area contributed by atoms with Gasteiger partial charge in [-0.05, 0) is 63.1 Å². The fourth-order valence-corrected chi connectivity index (χ4v) is 6.38. The number of aromatic nitrogens is 4. The number of likely N-dealkylation sites (tertiary alicyclic amines) is 1. The first-order valence-corrected chi connectivity index (χ1v) is 14.5. The van der Waals surface area contributed by atoms with Gasteiger partial charge in [0.15, 0.2) is 11.2 Å². The number of ether oxygens (including phenoxy) is 2. The number of halogens is 4. The summed E-state index contributed by atoms with van der Waals surface area (Å²) in [6.45, 7) is 2.76. The molecule has 3 N–H and O–H groups in total. The summed E-state index contributed by atoms with van der Waals surface area (Å²) in [6.07, 6.45) is -2.71. The van der Waals surface area contributed by atoms with E-state index in [0.29, 0.717) is 41.7 Å². The molecule has 0 spiro atoms. The maximum Gasteiger partial charge on any atom is 0.419 e. The van der Waals surface area contributed by atoms with E-state index in [2.05, 4.69) is 20.4 Å². The average Bonchev–Trinajstić information content (AvgIpc) is 3.66. The molecule has 11 nitrogen and oxygen atoms in total. The van der Waals surface area contributed by atoms with Gasteiger partial charge in [-0.1, -0.05) is 6.07 Å². The first-order valence-electron chi connectivity index (χ1n) is 14.5. The monoisotopic (exact) mass is 641 g/mol. The smallest absolute Gasteiger partial charge is 0.419 e. The number of rotatable bonds is 8. The lowest BCUT2D eigenvalue weighted by molar-refractivity contribution is -0.380. The van der Waals surface area contributed by atoms with Crippen molar-refractivity contribution in [1.82, 2.24) is 24.6 Å². The Kier molecular flexibility index (Phi) is 7.61. The second kappa shape index (κ2) is 11.2. The molecule has 0 bridgehead atoms. The number of anilines is 1. The van der Waals surface area contributed by atoms with Gasteiger partial charge >= 0.3 is 6.18 Å². The highest BCUT2D eigenvalue weighted by molar-refractivity contribution is 5.98. The van der Waals surface area contributed by atoms with Crippen LogP contribution in [-0.4, -0.2) is 74.5 Å². The lowest BCUT2D eigenvalue weighted by Gasteiger charge is -2.55. The SMILES string of the molecule is COc1ccc(F)cc1C1(C)CC(CNc2nc(C)nc3c2cnn3-c2cccc(C(=O)N3CCC[C@@H]3C(N)=O)c2)(C(F)(F)F)O1. The molecule has 2 unspecified atom stereocenters. The molecule has 2 aromatic carbocycles. The third kappa shape index (κ3) is 5.27. The molecule has 0 saturated carbocycles. The number of methoxy groups -OCH3 is 1. The van der Waals surface area contributed by atoms with Crippen molar-refractivity contribution in [3.63, 3.8) is 0 Å². The number of nitrogens with zero attached hydrogens (tertiary/aromatic N) is 5. The van der Waals surface area contributed by atoms with E-state index in [1.165, 1.54) is 35.9 Å². The highest BCUT2D eigenvalue weighted by Gasteiger charge is 2.68. The van der Waals surface area contributed by atoms with Crippen molar-refractivity contribution >= 4 is 28.7 Å². The number of carbonyl (C=O) groups is 2. The summed E-state index contributed by atoms with van der Waals surface area (Å²) >= 11 is 0. The van der Waals surface area contributed by atoms with Gasteiger partial charge in [0.1, 0.15) is 29.3 Å². The maximum absolute atomic E-state index is 14.5. The molecule has 2 aliphatic heterocycles. The summed E-state index contributed by atoms with van der Waals surface area (Å²) in [6, 6.07) is 9.50. The molecule has 2 fully saturated rings. The Morgan fingerprint density at radius 1 is 1.20 bits per heavy atom. The van der Waals surface area contributed by atoms with E-state index in [1.807, 2.05) is 0 Å². The van der Waals surface area contributed by atoms with E-state index in [0.717, 1.165) is 12.1 Å². The Balaban J connectivity index is 1.27. The van der Waals surface area contributed by atoms with Gasteiger partial charge < -0.3 is 25.4 Å². The zero-order valence-electron chi connectivity index (χ0n) is 25.2. The van der Waals surface area contributed by atoms with Crippen LogP contribution < -0.4 is 15.8 Å². The molecule has 46 heavy (non-hydrogen) atoms. The summed E-state index contributed by atoms with van der Waals surface area (Å²) in [5, 5.41) is 7.53. The van der Waals surface area contributed by atoms with Crippen LogP contribution in [0.3, 0.4) is 0 Å². The zero-order chi connectivity index (χ0) is 33.0. The van der Waals surface area contributed by atoms with Gasteiger partial charge in [0.05, 0.1) is 36.5 Å². The van der Waals surface area contributed by atoms with Crippen molar-refractivity contribution in [3.05, 3.63) is 71.4 Å². The van der Waals surface area contributed by atoms with Crippen LogP contribution in [0.1, 0.15) is 47.9 Å². The molecule has 0 aliphatic carbocycles. The molecule has 0 radical (unpaired) electrons. The van der Waals surface area contributed by atoms with Crippen molar-refractivity contribution in [1.29, 1.82) is 0 Å². The molecule has 2 amide bonds. The van der Waals surface area contributed by atoms with E-state index in [4.69, 9.17) is 15.2 Å². The van der Waals surface area contributed by atoms with E-state index in [-0.39, 0.29) is 28.9 Å². The van der Waals surface area contributed by atoms with Crippen LogP contribution in [-0.2, 0) is 15.1 Å². The predicted molar refractivity (Wildman–Crippen MR) is 158 cm³/mol. The van der Waals surface area contributed by atoms with E-state index in [9.17, 15) is 27.2 Å². The number of aryl methyl sites for hydroxylation is 1. The van der Waals surface area contributed by atoms with Gasteiger partial charge in [0, 0.05) is 24.1 Å². The molecule has 3 atom stereocenters. The Labute approximate surface area is 260 Å². The van der Waals surface area contributed by atoms with Crippen molar-refractivity contribution in [2.45, 2.75) is 56.5 Å². The third-order valence-electron chi connectivity index (χ3n) is 8.55. The number of hydrogen-bond acceptors (Lipinski definition) is 8. The fraction of sp³-hybridized carbons (Fsp3) is 0.387. The molecule has 4 heterocycles. The van der Waals surface area contributed by atoms with Crippen LogP contribution in [0.25, 0.3) is 16.7 Å². The summed E-state index contributed by atoms with van der Waals surface area (Å²) in [7, 11) is 1.35. The second-order valence-electron chi connectivity index (χ2n) is 11.7. The van der Waals surface area contributed by atoms with E-state index >= 15 is 0 Å². The second-order valence-corrected chi connectivity index (χ2v) is 11.7. The Hall–Kier alpha value is -4.79. The first-order chi connectivity index (χ1) is 21.7. The van der Waals surface area contributed by atoms with Crippen LogP contribution in [0, 0.1) is 12.7 Å². The molecule has 15 heteroatoms. The van der Waals surface area contributed by atoms with Crippen LogP contribution in [0.2, 0.25) is 0 Å². The van der Waals surface area contributed by atoms with Crippen LogP contribution in [0.4, 0.5) is 23.4 Å². The molecule has 242 valence electrons. The van der Waals surface area contributed by atoms with Gasteiger partial charge in [-0.25, -0.2) is 19.0 Å². The van der Waals surface area contributed by atoms with E-state index in [1.54, 1.807) is 31.2 Å². The summed E-state index contributed by atoms with van der Waals surface area (Å²) in [4.78, 5) is 35.4. The number of primary amides is 1. The lowest BCUT2D eigenvalue weighted by atomic mass is 9.75. The number of nitrogens with one attached hydrogen (secondary N) is 1. The summed E-state index contributed by atoms with van der Waals surface area (Å²) in [5.41, 5.74) is 2.67. The number of amides is 2. The highest BCUT2D eigenvalue weighted by atomic mass is 19.4. The number of fused-ring (bicyclic) bond motifs is 1. The van der Waals surface area contributed by atoms with Crippen molar-refractivity contribution in [2.24, 2.45) is 5.73 Å². The van der Waals surface area contributed by atoms with Gasteiger partial charge in [-0.2, -0.15) is 18.3 Å².